The van der Waals surface area contributed by atoms with E-state index in [1.165, 1.54) is 7.11 Å². The molecular formula is C12H19N3O3. The minimum atomic E-state index is -0.642. The quantitative estimate of drug-likeness (QED) is 0.629. The van der Waals surface area contributed by atoms with Gasteiger partial charge >= 0.3 is 0 Å². The molecule has 18 heavy (non-hydrogen) atoms. The molecule has 2 amide bonds. The van der Waals surface area contributed by atoms with Gasteiger partial charge in [0.05, 0.1) is 6.04 Å². The van der Waals surface area contributed by atoms with Gasteiger partial charge in [-0.1, -0.05) is 0 Å². The number of piperazine rings is 1. The summed E-state index contributed by atoms with van der Waals surface area (Å²) in [6.07, 6.45) is 5.36. The maximum Gasteiger partial charge on any atom is 0.248 e. The average Bonchev–Trinajstić information content (AvgIpc) is 2.38. The number of carbonyl (C=O) groups excluding carboxylic acids is 2. The lowest BCUT2D eigenvalue weighted by atomic mass is 10.2. The van der Waals surface area contributed by atoms with E-state index in [1.54, 1.807) is 9.80 Å². The largest absolute Gasteiger partial charge is 0.375 e. The van der Waals surface area contributed by atoms with Gasteiger partial charge in [-0.05, 0) is 0 Å². The summed E-state index contributed by atoms with van der Waals surface area (Å²) in [6.45, 7) is 2.08. The van der Waals surface area contributed by atoms with E-state index in [4.69, 9.17) is 16.9 Å². The Morgan fingerprint density at radius 1 is 1.33 bits per heavy atom. The maximum atomic E-state index is 11.9. The van der Waals surface area contributed by atoms with Crippen LogP contribution in [0.25, 0.3) is 0 Å². The second-order valence-corrected chi connectivity index (χ2v) is 4.15. The fourth-order valence-electron chi connectivity index (χ4n) is 1.84. The second kappa shape index (κ2) is 6.99. The Bertz CT molecular complexity index is 343. The van der Waals surface area contributed by atoms with Gasteiger partial charge in [0.2, 0.25) is 11.8 Å². The van der Waals surface area contributed by atoms with Gasteiger partial charge in [-0.25, -0.2) is 0 Å². The zero-order chi connectivity index (χ0) is 13.5. The van der Waals surface area contributed by atoms with Crippen LogP contribution >= 0.6 is 0 Å². The summed E-state index contributed by atoms with van der Waals surface area (Å²) < 4.78 is 4.79. The molecule has 1 aliphatic rings. The van der Waals surface area contributed by atoms with Gasteiger partial charge in [-0.3, -0.25) is 9.59 Å². The van der Waals surface area contributed by atoms with Crippen LogP contribution in [0.4, 0.5) is 0 Å². The van der Waals surface area contributed by atoms with Gasteiger partial charge in [-0.2, -0.15) is 0 Å². The highest BCUT2D eigenvalue weighted by molar-refractivity contribution is 5.82. The lowest BCUT2D eigenvalue weighted by molar-refractivity contribution is -0.142. The van der Waals surface area contributed by atoms with Gasteiger partial charge in [-0.15, -0.1) is 12.3 Å². The first-order valence-corrected chi connectivity index (χ1v) is 5.84. The fourth-order valence-corrected chi connectivity index (χ4v) is 1.84. The summed E-state index contributed by atoms with van der Waals surface area (Å²) in [4.78, 5) is 26.8. The predicted molar refractivity (Wildman–Crippen MR) is 66.5 cm³/mol. The van der Waals surface area contributed by atoms with E-state index in [2.05, 4.69) is 5.92 Å². The third kappa shape index (κ3) is 3.72. The molecule has 0 aromatic rings. The Balaban J connectivity index is 2.42. The average molecular weight is 253 g/mol. The van der Waals surface area contributed by atoms with E-state index in [9.17, 15) is 9.59 Å². The summed E-state index contributed by atoms with van der Waals surface area (Å²) in [7, 11) is 1.48. The van der Waals surface area contributed by atoms with Crippen LogP contribution in [0.2, 0.25) is 0 Å². The van der Waals surface area contributed by atoms with Crippen LogP contribution in [0.1, 0.15) is 6.42 Å². The molecule has 1 heterocycles. The molecule has 0 radical (unpaired) electrons. The number of ether oxygens (including phenoxy) is 1. The Morgan fingerprint density at radius 2 is 1.89 bits per heavy atom. The van der Waals surface area contributed by atoms with Gasteiger partial charge in [0.1, 0.15) is 6.61 Å². The van der Waals surface area contributed by atoms with Crippen LogP contribution in [0.3, 0.4) is 0 Å². The molecule has 6 nitrogen and oxygen atoms in total. The zero-order valence-corrected chi connectivity index (χ0v) is 10.6. The Labute approximate surface area is 107 Å². The van der Waals surface area contributed by atoms with E-state index < -0.39 is 6.04 Å². The molecule has 0 saturated carbocycles. The highest BCUT2D eigenvalue weighted by atomic mass is 16.5. The van der Waals surface area contributed by atoms with Crippen molar-refractivity contribution in [3.63, 3.8) is 0 Å². The SMILES string of the molecule is C#CCC(N)C(=O)N1CCN(C(=O)COC)CC1. The fraction of sp³-hybridized carbons (Fsp3) is 0.667. The van der Waals surface area contributed by atoms with Crippen LogP contribution in [-0.2, 0) is 14.3 Å². The standard InChI is InChI=1S/C12H19N3O3/c1-3-4-10(13)12(17)15-7-5-14(6-8-15)11(16)9-18-2/h1,10H,4-9,13H2,2H3. The van der Waals surface area contributed by atoms with Crippen molar-refractivity contribution in [2.24, 2.45) is 5.73 Å². The van der Waals surface area contributed by atoms with Crippen LogP contribution in [0.5, 0.6) is 0 Å². The topological polar surface area (TPSA) is 75.9 Å². The van der Waals surface area contributed by atoms with Gasteiger partial charge in [0.25, 0.3) is 0 Å². The van der Waals surface area contributed by atoms with Crippen molar-refractivity contribution in [1.82, 2.24) is 9.80 Å². The summed E-state index contributed by atoms with van der Waals surface area (Å²) >= 11 is 0. The maximum absolute atomic E-state index is 11.9. The molecule has 1 rings (SSSR count). The molecular weight excluding hydrogens is 234 g/mol. The van der Waals surface area contributed by atoms with E-state index >= 15 is 0 Å². The van der Waals surface area contributed by atoms with Crippen LogP contribution in [0.15, 0.2) is 0 Å². The minimum absolute atomic E-state index is 0.0578. The first-order chi connectivity index (χ1) is 8.60. The molecule has 0 aliphatic carbocycles. The summed E-state index contributed by atoms with van der Waals surface area (Å²) in [5.41, 5.74) is 5.67. The molecule has 0 spiro atoms. The van der Waals surface area contributed by atoms with Gasteiger partial charge in [0, 0.05) is 39.7 Å². The summed E-state index contributed by atoms with van der Waals surface area (Å²) in [5, 5.41) is 0. The first kappa shape index (κ1) is 14.5. The number of hydrogen-bond donors (Lipinski definition) is 1. The van der Waals surface area contributed by atoms with Crippen molar-refractivity contribution in [2.45, 2.75) is 12.5 Å². The highest BCUT2D eigenvalue weighted by Gasteiger charge is 2.26. The van der Waals surface area contributed by atoms with Crippen LogP contribution in [0, 0.1) is 12.3 Å². The molecule has 1 fully saturated rings. The minimum Gasteiger partial charge on any atom is -0.375 e. The second-order valence-electron chi connectivity index (χ2n) is 4.15. The molecule has 0 bridgehead atoms. The van der Waals surface area contributed by atoms with Crippen molar-refractivity contribution in [3.8, 4) is 12.3 Å². The van der Waals surface area contributed by atoms with Crippen molar-refractivity contribution in [2.75, 3.05) is 39.9 Å². The third-order valence-electron chi connectivity index (χ3n) is 2.87. The number of carbonyl (C=O) groups is 2. The predicted octanol–water partition coefficient (Wildman–Crippen LogP) is -1.35. The molecule has 1 saturated heterocycles. The number of amides is 2. The van der Waals surface area contributed by atoms with Crippen molar-refractivity contribution >= 4 is 11.8 Å². The van der Waals surface area contributed by atoms with Crippen molar-refractivity contribution < 1.29 is 14.3 Å². The highest BCUT2D eigenvalue weighted by Crippen LogP contribution is 2.05. The molecule has 1 atom stereocenters. The smallest absolute Gasteiger partial charge is 0.248 e. The van der Waals surface area contributed by atoms with E-state index in [0.29, 0.717) is 26.2 Å². The molecule has 1 aliphatic heterocycles. The third-order valence-corrected chi connectivity index (χ3v) is 2.87. The van der Waals surface area contributed by atoms with Crippen molar-refractivity contribution in [1.29, 1.82) is 0 Å². The van der Waals surface area contributed by atoms with E-state index in [-0.39, 0.29) is 24.8 Å². The van der Waals surface area contributed by atoms with E-state index in [0.717, 1.165) is 0 Å². The molecule has 0 aromatic heterocycles. The van der Waals surface area contributed by atoms with Crippen LogP contribution in [-0.4, -0.2) is 67.6 Å². The molecule has 1 unspecified atom stereocenters. The molecule has 6 heteroatoms. The summed E-state index contributed by atoms with van der Waals surface area (Å²) in [6, 6.07) is -0.642. The molecule has 0 aromatic carbocycles. The van der Waals surface area contributed by atoms with E-state index in [1.807, 2.05) is 0 Å². The molecule has 2 N–H and O–H groups in total. The van der Waals surface area contributed by atoms with Gasteiger partial charge < -0.3 is 20.3 Å². The lowest BCUT2D eigenvalue weighted by Crippen LogP contribution is -2.54. The Morgan fingerprint density at radius 3 is 2.39 bits per heavy atom. The Kier molecular flexibility index (Phi) is 5.62. The lowest BCUT2D eigenvalue weighted by Gasteiger charge is -2.35. The number of rotatable bonds is 4. The number of methoxy groups -OCH3 is 1. The monoisotopic (exact) mass is 253 g/mol. The number of nitrogens with two attached hydrogens (primary N) is 1. The zero-order valence-electron chi connectivity index (χ0n) is 10.6. The molecule has 100 valence electrons. The Hall–Kier alpha value is -1.58. The number of terminal acetylenes is 1. The number of nitrogens with zero attached hydrogens (tertiary/aromatic N) is 2. The van der Waals surface area contributed by atoms with Crippen molar-refractivity contribution in [3.05, 3.63) is 0 Å². The number of hydrogen-bond acceptors (Lipinski definition) is 4. The first-order valence-electron chi connectivity index (χ1n) is 5.84. The van der Waals surface area contributed by atoms with Crippen LogP contribution < -0.4 is 5.73 Å². The normalized spacial score (nSPS) is 17.2. The summed E-state index contributed by atoms with van der Waals surface area (Å²) in [5.74, 6) is 2.17. The van der Waals surface area contributed by atoms with Gasteiger partial charge in [0.15, 0.2) is 0 Å².